The number of fused-ring (bicyclic) bond motifs is 1. The van der Waals surface area contributed by atoms with Gasteiger partial charge in [0.15, 0.2) is 0 Å². The van der Waals surface area contributed by atoms with Crippen molar-refractivity contribution in [2.45, 2.75) is 77.7 Å². The highest BCUT2D eigenvalue weighted by molar-refractivity contribution is 6.47. The zero-order valence-electron chi connectivity index (χ0n) is 21.3. The van der Waals surface area contributed by atoms with Crippen LogP contribution in [0.5, 0.6) is 0 Å². The molecule has 0 saturated carbocycles. The van der Waals surface area contributed by atoms with E-state index in [1.54, 1.807) is 18.7 Å². The smallest absolute Gasteiger partial charge is 0.407 e. The summed E-state index contributed by atoms with van der Waals surface area (Å²) in [6.07, 6.45) is 1.04. The minimum absolute atomic E-state index is 0.0840. The van der Waals surface area contributed by atoms with Crippen molar-refractivity contribution in [3.63, 3.8) is 0 Å². The monoisotopic (exact) mass is 472 g/mol. The van der Waals surface area contributed by atoms with Crippen LogP contribution in [0.1, 0.15) is 66.3 Å². The van der Waals surface area contributed by atoms with Crippen LogP contribution in [0.2, 0.25) is 0 Å². The van der Waals surface area contributed by atoms with Crippen LogP contribution in [0, 0.1) is 5.92 Å². The molecular formula is C24H37BN4O5. The number of nitrogens with one attached hydrogen (secondary N) is 2. The number of aliphatic hydroxyl groups is 1. The Balaban J connectivity index is 1.79. The average Bonchev–Trinajstić information content (AvgIpc) is 3.40. The summed E-state index contributed by atoms with van der Waals surface area (Å²) < 4.78 is 10.7. The van der Waals surface area contributed by atoms with E-state index in [0.717, 1.165) is 35.2 Å². The van der Waals surface area contributed by atoms with Gasteiger partial charge in [0.2, 0.25) is 5.91 Å². The molecule has 0 bridgehead atoms. The lowest BCUT2D eigenvalue weighted by Crippen LogP contribution is -2.51. The van der Waals surface area contributed by atoms with Crippen LogP contribution < -0.4 is 10.8 Å². The van der Waals surface area contributed by atoms with E-state index in [4.69, 9.17) is 14.4 Å². The van der Waals surface area contributed by atoms with Gasteiger partial charge < -0.3 is 29.7 Å². The summed E-state index contributed by atoms with van der Waals surface area (Å²) in [6, 6.07) is 5.04. The second kappa shape index (κ2) is 9.96. The molecule has 2 heterocycles. The molecule has 186 valence electrons. The van der Waals surface area contributed by atoms with Gasteiger partial charge in [0.25, 0.3) is 0 Å². The number of aromatic nitrogens is 2. The minimum Gasteiger partial charge on any atom is -0.453 e. The summed E-state index contributed by atoms with van der Waals surface area (Å²) in [5.74, 6) is 0.516. The Hall–Kier alpha value is -2.59. The molecule has 3 N–H and O–H groups in total. The third-order valence-electron chi connectivity index (χ3n) is 6.88. The summed E-state index contributed by atoms with van der Waals surface area (Å²) >= 11 is 0. The second-order valence-electron chi connectivity index (χ2n) is 10.4. The lowest BCUT2D eigenvalue weighted by molar-refractivity contribution is -0.135. The molecule has 1 saturated heterocycles. The Bertz CT molecular complexity index is 1030. The van der Waals surface area contributed by atoms with Gasteiger partial charge in [-0.25, -0.2) is 9.78 Å². The summed E-state index contributed by atoms with van der Waals surface area (Å²) in [5.41, 5.74) is 0.932. The van der Waals surface area contributed by atoms with Crippen LogP contribution in [-0.2, 0) is 14.2 Å². The first-order valence-electron chi connectivity index (χ1n) is 11.8. The molecule has 2 amide bonds. The fourth-order valence-electron chi connectivity index (χ4n) is 3.95. The maximum atomic E-state index is 13.3. The predicted octanol–water partition coefficient (Wildman–Crippen LogP) is 2.15. The van der Waals surface area contributed by atoms with E-state index in [-0.39, 0.29) is 17.9 Å². The van der Waals surface area contributed by atoms with Gasteiger partial charge >= 0.3 is 13.6 Å². The molecule has 0 spiro atoms. The van der Waals surface area contributed by atoms with Crippen molar-refractivity contribution in [3.05, 3.63) is 24.0 Å². The van der Waals surface area contributed by atoms with Gasteiger partial charge in [-0.3, -0.25) is 4.79 Å². The number of alkyl carbamates (subject to hydrolysis) is 1. The molecule has 1 aromatic carbocycles. The largest absolute Gasteiger partial charge is 0.453 e. The number of nitrogens with zero attached hydrogens (tertiary/aromatic N) is 2. The zero-order valence-corrected chi connectivity index (χ0v) is 21.3. The second-order valence-corrected chi connectivity index (χ2v) is 10.4. The Morgan fingerprint density at radius 1 is 1.29 bits per heavy atom. The molecule has 1 aliphatic rings. The number of hydrogen-bond acceptors (Lipinski definition) is 6. The summed E-state index contributed by atoms with van der Waals surface area (Å²) in [7, 11) is 1.63. The molecular weight excluding hydrogens is 435 g/mol. The number of H-pyrrole nitrogens is 1. The number of amides is 2. The number of methoxy groups -OCH3 is 1. The number of hydrogen-bond donors (Lipinski definition) is 3. The lowest BCUT2D eigenvalue weighted by Gasteiger charge is -2.37. The van der Waals surface area contributed by atoms with Crippen molar-refractivity contribution in [3.8, 4) is 0 Å². The van der Waals surface area contributed by atoms with Crippen molar-refractivity contribution < 1.29 is 24.1 Å². The third kappa shape index (κ3) is 5.55. The van der Waals surface area contributed by atoms with Crippen LogP contribution in [-0.4, -0.2) is 70.4 Å². The number of likely N-dealkylation sites (tertiary alicyclic amines) is 1. The Morgan fingerprint density at radius 3 is 2.62 bits per heavy atom. The molecule has 2 atom stereocenters. The van der Waals surface area contributed by atoms with Gasteiger partial charge in [-0.15, -0.1) is 0 Å². The molecule has 1 aromatic heterocycles. The minimum atomic E-state index is -0.981. The number of carbonyl (C=O) groups excluding carboxylic acids is 2. The first kappa shape index (κ1) is 26.0. The van der Waals surface area contributed by atoms with Crippen LogP contribution >= 0.6 is 0 Å². The van der Waals surface area contributed by atoms with Gasteiger partial charge in [-0.1, -0.05) is 25.4 Å². The molecule has 2 aromatic rings. The lowest BCUT2D eigenvalue weighted by atomic mass is 9.82. The SMILES string of the molecule is COC(=O)N[C@H](C(=O)N1CCC[C@H]1c1nc2cc(BOC(C)(C)C(C)(C)O)ccc2[nH]1)C(C)C. The van der Waals surface area contributed by atoms with Crippen molar-refractivity contribution in [2.75, 3.05) is 13.7 Å². The highest BCUT2D eigenvalue weighted by Gasteiger charge is 2.38. The van der Waals surface area contributed by atoms with Crippen LogP contribution in [0.3, 0.4) is 0 Å². The summed E-state index contributed by atoms with van der Waals surface area (Å²) in [4.78, 5) is 35.1. The van der Waals surface area contributed by atoms with E-state index in [1.807, 2.05) is 45.9 Å². The van der Waals surface area contributed by atoms with Crippen molar-refractivity contribution >= 4 is 36.0 Å². The molecule has 3 rings (SSSR count). The van der Waals surface area contributed by atoms with E-state index in [2.05, 4.69) is 10.3 Å². The molecule has 9 nitrogen and oxygen atoms in total. The normalized spacial score (nSPS) is 17.8. The third-order valence-corrected chi connectivity index (χ3v) is 6.88. The highest BCUT2D eigenvalue weighted by atomic mass is 16.5. The van der Waals surface area contributed by atoms with Gasteiger partial charge in [0, 0.05) is 6.54 Å². The van der Waals surface area contributed by atoms with Crippen LogP contribution in [0.15, 0.2) is 18.2 Å². The fourth-order valence-corrected chi connectivity index (χ4v) is 3.95. The fraction of sp³-hybridized carbons (Fsp3) is 0.625. The number of benzene rings is 1. The van der Waals surface area contributed by atoms with E-state index < -0.39 is 23.3 Å². The number of carbonyl (C=O) groups is 2. The van der Waals surface area contributed by atoms with Gasteiger partial charge in [-0.05, 0) is 58.6 Å². The summed E-state index contributed by atoms with van der Waals surface area (Å²) in [6.45, 7) is 11.6. The number of rotatable bonds is 8. The topological polar surface area (TPSA) is 117 Å². The van der Waals surface area contributed by atoms with Gasteiger partial charge in [0.1, 0.15) is 11.9 Å². The van der Waals surface area contributed by atoms with Gasteiger partial charge in [-0.2, -0.15) is 0 Å². The molecule has 0 radical (unpaired) electrons. The van der Waals surface area contributed by atoms with E-state index in [0.29, 0.717) is 14.0 Å². The van der Waals surface area contributed by atoms with E-state index in [1.165, 1.54) is 7.11 Å². The maximum Gasteiger partial charge on any atom is 0.407 e. The number of imidazole rings is 1. The van der Waals surface area contributed by atoms with Crippen LogP contribution in [0.4, 0.5) is 4.79 Å². The van der Waals surface area contributed by atoms with Crippen molar-refractivity contribution in [1.82, 2.24) is 20.2 Å². The van der Waals surface area contributed by atoms with E-state index in [9.17, 15) is 14.7 Å². The molecule has 10 heteroatoms. The number of aromatic amines is 1. The standard InChI is InChI=1S/C24H37BN4O5/c1-14(2)19(28-22(31)33-7)21(30)29-12-8-9-18(29)20-26-16-11-10-15(13-17(16)27-20)25-34-24(5,6)23(3,4)32/h10-11,13-14,18-19,25,32H,8-9,12H2,1-7H3,(H,26,27)(H,28,31)/t18-,19-/m0/s1. The first-order valence-corrected chi connectivity index (χ1v) is 11.8. The Kier molecular flexibility index (Phi) is 7.62. The molecule has 1 fully saturated rings. The molecule has 0 unspecified atom stereocenters. The van der Waals surface area contributed by atoms with Gasteiger partial charge in [0.05, 0.1) is 35.4 Å². The van der Waals surface area contributed by atoms with Crippen molar-refractivity contribution in [1.29, 1.82) is 0 Å². The average molecular weight is 472 g/mol. The quantitative estimate of drug-likeness (QED) is 0.507. The van der Waals surface area contributed by atoms with Crippen LogP contribution in [0.25, 0.3) is 11.0 Å². The Labute approximate surface area is 201 Å². The first-order chi connectivity index (χ1) is 15.8. The maximum absolute atomic E-state index is 13.3. The highest BCUT2D eigenvalue weighted by Crippen LogP contribution is 2.32. The predicted molar refractivity (Wildman–Crippen MR) is 132 cm³/mol. The zero-order chi connectivity index (χ0) is 25.3. The Morgan fingerprint density at radius 2 is 2.00 bits per heavy atom. The van der Waals surface area contributed by atoms with Crippen molar-refractivity contribution in [2.24, 2.45) is 5.92 Å². The molecule has 1 aliphatic heterocycles. The number of ether oxygens (including phenoxy) is 1. The molecule has 34 heavy (non-hydrogen) atoms. The summed E-state index contributed by atoms with van der Waals surface area (Å²) in [5, 5.41) is 13.0. The van der Waals surface area contributed by atoms with E-state index >= 15 is 0 Å². The molecule has 0 aliphatic carbocycles.